The Morgan fingerprint density at radius 1 is 0.407 bits per heavy atom. The third-order valence-corrected chi connectivity index (χ3v) is 12.3. The normalized spacial score (nSPS) is 13.1. The zero-order valence-corrected chi connectivity index (χ0v) is 32.5. The molecule has 5 heteroatoms. The fraction of sp³-hybridized carbons (Fsp3) is 0.0556. The van der Waals surface area contributed by atoms with E-state index in [-0.39, 0.29) is 5.41 Å². The van der Waals surface area contributed by atoms with E-state index in [4.69, 9.17) is 19.4 Å². The van der Waals surface area contributed by atoms with Crippen LogP contribution in [-0.4, -0.2) is 19.5 Å². The van der Waals surface area contributed by atoms with E-state index in [1.165, 1.54) is 22.3 Å². The summed E-state index contributed by atoms with van der Waals surface area (Å²) < 4.78 is 8.95. The van der Waals surface area contributed by atoms with Gasteiger partial charge in [-0.1, -0.05) is 147 Å². The number of benzene rings is 8. The monoisotopic (exact) mass is 756 g/mol. The molecule has 8 aromatic carbocycles. The molecule has 1 aliphatic carbocycles. The van der Waals surface area contributed by atoms with Crippen molar-refractivity contribution in [2.24, 2.45) is 0 Å². The van der Waals surface area contributed by atoms with Crippen molar-refractivity contribution in [3.63, 3.8) is 0 Å². The minimum absolute atomic E-state index is 0.143. The van der Waals surface area contributed by atoms with Crippen molar-refractivity contribution < 1.29 is 4.42 Å². The summed E-state index contributed by atoms with van der Waals surface area (Å²) in [7, 11) is 0. The zero-order valence-electron chi connectivity index (χ0n) is 32.5. The molecule has 0 bridgehead atoms. The molecule has 0 fully saturated rings. The lowest BCUT2D eigenvalue weighted by Crippen LogP contribution is -2.15. The van der Waals surface area contributed by atoms with Gasteiger partial charge in [0.25, 0.3) is 0 Å². The lowest BCUT2D eigenvalue weighted by molar-refractivity contribution is 0.660. The number of para-hydroxylation sites is 1. The molecule has 59 heavy (non-hydrogen) atoms. The highest BCUT2D eigenvalue weighted by molar-refractivity contribution is 6.18. The highest BCUT2D eigenvalue weighted by Gasteiger charge is 2.35. The summed E-state index contributed by atoms with van der Waals surface area (Å²) in [5, 5.41) is 4.46. The number of hydrogen-bond donors (Lipinski definition) is 0. The maximum Gasteiger partial charge on any atom is 0.164 e. The first-order valence-electron chi connectivity index (χ1n) is 20.1. The molecule has 0 unspecified atom stereocenters. The van der Waals surface area contributed by atoms with Crippen LogP contribution >= 0.6 is 0 Å². The number of aromatic nitrogens is 4. The van der Waals surface area contributed by atoms with Gasteiger partial charge in [0, 0.05) is 38.3 Å². The highest BCUT2D eigenvalue weighted by atomic mass is 16.3. The van der Waals surface area contributed by atoms with Gasteiger partial charge in [-0.25, -0.2) is 15.0 Å². The van der Waals surface area contributed by atoms with Gasteiger partial charge in [0.2, 0.25) is 0 Å². The lowest BCUT2D eigenvalue weighted by atomic mass is 9.82. The van der Waals surface area contributed by atoms with Gasteiger partial charge in [0.05, 0.1) is 22.1 Å². The van der Waals surface area contributed by atoms with Crippen LogP contribution in [0.1, 0.15) is 25.0 Å². The molecule has 0 spiro atoms. The van der Waals surface area contributed by atoms with Crippen molar-refractivity contribution in [2.75, 3.05) is 0 Å². The molecular formula is C54H36N4O. The van der Waals surface area contributed by atoms with Crippen LogP contribution in [0.4, 0.5) is 0 Å². The standard InChI is InChI=1S/C54H36N4O/c1-54(2)42-22-11-9-19-38(42)39-29-27-36(32-43(39)54)53-56-51(34-17-7-4-8-18-34)55-52(57-53)35-28-30-45-41(31-35)40-20-10-12-23-44(40)58(45)46-24-14-26-48-50(46)49-37(21-13-25-47(49)59-48)33-15-5-3-6-16-33/h3-32H,1-2H3. The molecule has 5 nitrogen and oxygen atoms in total. The molecule has 0 amide bonds. The average molecular weight is 757 g/mol. The molecule has 0 saturated carbocycles. The molecule has 12 rings (SSSR count). The summed E-state index contributed by atoms with van der Waals surface area (Å²) in [6.07, 6.45) is 0. The van der Waals surface area contributed by atoms with Crippen LogP contribution in [0.2, 0.25) is 0 Å². The summed E-state index contributed by atoms with van der Waals surface area (Å²) in [5.41, 5.74) is 15.2. The Morgan fingerprint density at radius 2 is 0.983 bits per heavy atom. The van der Waals surface area contributed by atoms with E-state index in [0.29, 0.717) is 17.5 Å². The van der Waals surface area contributed by atoms with Gasteiger partial charge in [-0.05, 0) is 81.9 Å². The Hall–Kier alpha value is -7.63. The minimum Gasteiger partial charge on any atom is -0.456 e. The van der Waals surface area contributed by atoms with Crippen LogP contribution in [0.5, 0.6) is 0 Å². The van der Waals surface area contributed by atoms with Crippen molar-refractivity contribution in [2.45, 2.75) is 19.3 Å². The number of rotatable bonds is 5. The quantitative estimate of drug-likeness (QED) is 0.175. The van der Waals surface area contributed by atoms with E-state index < -0.39 is 0 Å². The Kier molecular flexibility index (Phi) is 7.20. The average Bonchev–Trinajstić information content (AvgIpc) is 3.92. The number of nitrogens with zero attached hydrogens (tertiary/aromatic N) is 4. The molecule has 1 aliphatic rings. The van der Waals surface area contributed by atoms with E-state index in [1.54, 1.807) is 0 Å². The summed E-state index contributed by atoms with van der Waals surface area (Å²) >= 11 is 0. The summed E-state index contributed by atoms with van der Waals surface area (Å²) in [4.78, 5) is 15.5. The van der Waals surface area contributed by atoms with Crippen molar-refractivity contribution in [1.82, 2.24) is 19.5 Å². The molecule has 11 aromatic rings. The molecule has 0 saturated heterocycles. The first kappa shape index (κ1) is 33.5. The second kappa shape index (κ2) is 12.7. The van der Waals surface area contributed by atoms with E-state index >= 15 is 0 Å². The predicted octanol–water partition coefficient (Wildman–Crippen LogP) is 13.8. The smallest absolute Gasteiger partial charge is 0.164 e. The second-order valence-electron chi connectivity index (χ2n) is 16.0. The Labute approximate surface area is 340 Å². The maximum absolute atomic E-state index is 6.57. The minimum atomic E-state index is -0.143. The molecule has 3 aromatic heterocycles. The number of furan rings is 1. The van der Waals surface area contributed by atoms with Crippen molar-refractivity contribution in [3.8, 4) is 62.1 Å². The van der Waals surface area contributed by atoms with Gasteiger partial charge in [-0.15, -0.1) is 0 Å². The van der Waals surface area contributed by atoms with Crippen LogP contribution in [0.25, 0.3) is 106 Å². The fourth-order valence-electron chi connectivity index (χ4n) is 9.46. The molecule has 278 valence electrons. The second-order valence-corrected chi connectivity index (χ2v) is 16.0. The van der Waals surface area contributed by atoms with E-state index in [0.717, 1.165) is 77.2 Å². The third-order valence-electron chi connectivity index (χ3n) is 12.3. The molecule has 0 radical (unpaired) electrons. The molecule has 0 aliphatic heterocycles. The first-order valence-corrected chi connectivity index (χ1v) is 20.1. The van der Waals surface area contributed by atoms with Gasteiger partial charge in [-0.2, -0.15) is 0 Å². The van der Waals surface area contributed by atoms with E-state index in [1.807, 2.05) is 18.2 Å². The molecule has 3 heterocycles. The topological polar surface area (TPSA) is 56.7 Å². The predicted molar refractivity (Wildman–Crippen MR) is 241 cm³/mol. The number of fused-ring (bicyclic) bond motifs is 9. The Bertz CT molecular complexity index is 3470. The molecular weight excluding hydrogens is 721 g/mol. The molecule has 0 N–H and O–H groups in total. The lowest BCUT2D eigenvalue weighted by Gasteiger charge is -2.21. The van der Waals surface area contributed by atoms with Crippen LogP contribution in [-0.2, 0) is 5.41 Å². The maximum atomic E-state index is 6.57. The third kappa shape index (κ3) is 5.08. The fourth-order valence-corrected chi connectivity index (χ4v) is 9.46. The summed E-state index contributed by atoms with van der Waals surface area (Å²) in [6.45, 7) is 4.61. The number of hydrogen-bond acceptors (Lipinski definition) is 4. The van der Waals surface area contributed by atoms with Crippen LogP contribution in [0.3, 0.4) is 0 Å². The zero-order chi connectivity index (χ0) is 39.2. The summed E-state index contributed by atoms with van der Waals surface area (Å²) in [5.74, 6) is 1.92. The van der Waals surface area contributed by atoms with Gasteiger partial charge < -0.3 is 8.98 Å². The Morgan fingerprint density at radius 3 is 1.78 bits per heavy atom. The van der Waals surface area contributed by atoms with Crippen LogP contribution < -0.4 is 0 Å². The molecule has 0 atom stereocenters. The van der Waals surface area contributed by atoms with Crippen molar-refractivity contribution in [1.29, 1.82) is 0 Å². The van der Waals surface area contributed by atoms with Gasteiger partial charge >= 0.3 is 0 Å². The van der Waals surface area contributed by atoms with Crippen LogP contribution in [0, 0.1) is 0 Å². The van der Waals surface area contributed by atoms with Gasteiger partial charge in [0.15, 0.2) is 17.5 Å². The largest absolute Gasteiger partial charge is 0.456 e. The Balaban J connectivity index is 1.06. The first-order chi connectivity index (χ1) is 29.0. The van der Waals surface area contributed by atoms with Crippen molar-refractivity contribution in [3.05, 3.63) is 193 Å². The van der Waals surface area contributed by atoms with Gasteiger partial charge in [0.1, 0.15) is 11.2 Å². The van der Waals surface area contributed by atoms with Crippen molar-refractivity contribution >= 4 is 43.7 Å². The highest BCUT2D eigenvalue weighted by Crippen LogP contribution is 2.49. The van der Waals surface area contributed by atoms with E-state index in [2.05, 4.69) is 182 Å². The SMILES string of the molecule is CC1(C)c2ccccc2-c2ccc(-c3nc(-c4ccccc4)nc(-c4ccc5c(c4)c4ccccc4n5-c4cccc5oc6cccc(-c7ccccc7)c6c45)n3)cc21. The van der Waals surface area contributed by atoms with E-state index in [9.17, 15) is 0 Å². The van der Waals surface area contributed by atoms with Crippen LogP contribution in [0.15, 0.2) is 186 Å². The summed E-state index contributed by atoms with van der Waals surface area (Å²) in [6, 6.07) is 64.1. The van der Waals surface area contributed by atoms with Gasteiger partial charge in [-0.3, -0.25) is 0 Å².